The predicted molar refractivity (Wildman–Crippen MR) is 79.3 cm³/mol. The van der Waals surface area contributed by atoms with Crippen LogP contribution in [0.2, 0.25) is 0 Å². The molecule has 0 radical (unpaired) electrons. The summed E-state index contributed by atoms with van der Waals surface area (Å²) in [5.41, 5.74) is 0. The Kier molecular flexibility index (Phi) is 6.61. The van der Waals surface area contributed by atoms with Gasteiger partial charge in [-0.3, -0.25) is 4.79 Å². The van der Waals surface area contributed by atoms with Gasteiger partial charge < -0.3 is 10.4 Å². The predicted octanol–water partition coefficient (Wildman–Crippen LogP) is 2.65. The van der Waals surface area contributed by atoms with Crippen LogP contribution in [0.5, 0.6) is 0 Å². The van der Waals surface area contributed by atoms with E-state index in [2.05, 4.69) is 31.0 Å². The Morgan fingerprint density at radius 1 is 1.37 bits per heavy atom. The molecule has 4 heteroatoms. The van der Waals surface area contributed by atoms with Crippen LogP contribution >= 0.6 is 11.3 Å². The van der Waals surface area contributed by atoms with Crippen LogP contribution in [0.15, 0.2) is 12.1 Å². The molecular weight excluding hydrogens is 258 g/mol. The topological polar surface area (TPSA) is 49.3 Å². The molecule has 1 heterocycles. The summed E-state index contributed by atoms with van der Waals surface area (Å²) in [4.78, 5) is 13.5. The zero-order chi connectivity index (χ0) is 14.3. The van der Waals surface area contributed by atoms with Crippen molar-refractivity contribution in [3.05, 3.63) is 21.9 Å². The fraction of sp³-hybridized carbons (Fsp3) is 0.533. The van der Waals surface area contributed by atoms with Crippen molar-refractivity contribution in [2.45, 2.75) is 39.7 Å². The zero-order valence-electron chi connectivity index (χ0n) is 11.7. The van der Waals surface area contributed by atoms with Crippen molar-refractivity contribution in [3.63, 3.8) is 0 Å². The van der Waals surface area contributed by atoms with Gasteiger partial charge in [0, 0.05) is 6.04 Å². The summed E-state index contributed by atoms with van der Waals surface area (Å²) in [7, 11) is 0. The van der Waals surface area contributed by atoms with Gasteiger partial charge in [0.15, 0.2) is 0 Å². The summed E-state index contributed by atoms with van der Waals surface area (Å²) in [6, 6.07) is 3.77. The van der Waals surface area contributed by atoms with Crippen molar-refractivity contribution >= 4 is 17.2 Å². The minimum atomic E-state index is -0.161. The molecular formula is C15H21NO2S. The van der Waals surface area contributed by atoms with Crippen LogP contribution in [-0.4, -0.2) is 23.7 Å². The van der Waals surface area contributed by atoms with E-state index in [0.717, 1.165) is 17.7 Å². The molecule has 1 aromatic heterocycles. The maximum atomic E-state index is 12.0. The molecule has 1 unspecified atom stereocenters. The number of thiophene rings is 1. The molecule has 0 bridgehead atoms. The summed E-state index contributed by atoms with van der Waals surface area (Å²) >= 11 is 1.35. The molecule has 0 spiro atoms. The average Bonchev–Trinajstić information content (AvgIpc) is 2.82. The fourth-order valence-electron chi connectivity index (χ4n) is 1.60. The second kappa shape index (κ2) is 7.98. The first-order valence-corrected chi connectivity index (χ1v) is 7.35. The number of carbonyl (C=O) groups excluding carboxylic acids is 1. The van der Waals surface area contributed by atoms with Crippen LogP contribution in [0.4, 0.5) is 0 Å². The first-order valence-electron chi connectivity index (χ1n) is 6.53. The van der Waals surface area contributed by atoms with Gasteiger partial charge >= 0.3 is 0 Å². The SMILES string of the molecule is CC(C)CCC(C)NC(=O)c1ccc(C#CCO)s1. The molecule has 3 nitrogen and oxygen atoms in total. The Morgan fingerprint density at radius 2 is 2.11 bits per heavy atom. The van der Waals surface area contributed by atoms with Crippen molar-refractivity contribution in [1.29, 1.82) is 0 Å². The number of carbonyl (C=O) groups is 1. The van der Waals surface area contributed by atoms with Crippen LogP contribution in [0.25, 0.3) is 0 Å². The van der Waals surface area contributed by atoms with Gasteiger partial charge in [-0.15, -0.1) is 11.3 Å². The summed E-state index contributed by atoms with van der Waals surface area (Å²) in [5, 5.41) is 11.6. The van der Waals surface area contributed by atoms with Crippen LogP contribution in [0.1, 0.15) is 48.2 Å². The second-order valence-electron chi connectivity index (χ2n) is 4.97. The average molecular weight is 279 g/mol. The fourth-order valence-corrected chi connectivity index (χ4v) is 2.39. The lowest BCUT2D eigenvalue weighted by Gasteiger charge is -2.14. The van der Waals surface area contributed by atoms with E-state index in [4.69, 9.17) is 5.11 Å². The van der Waals surface area contributed by atoms with E-state index in [1.807, 2.05) is 6.92 Å². The zero-order valence-corrected chi connectivity index (χ0v) is 12.5. The summed E-state index contributed by atoms with van der Waals surface area (Å²) in [6.45, 7) is 6.23. The largest absolute Gasteiger partial charge is 0.384 e. The molecule has 0 aliphatic heterocycles. The van der Waals surface area contributed by atoms with Gasteiger partial charge in [-0.05, 0) is 37.8 Å². The maximum absolute atomic E-state index is 12.0. The summed E-state index contributed by atoms with van der Waals surface area (Å²) < 4.78 is 0. The molecule has 1 rings (SSSR count). The lowest BCUT2D eigenvalue weighted by molar-refractivity contribution is 0.0941. The van der Waals surface area contributed by atoms with Gasteiger partial charge in [0.05, 0.1) is 9.75 Å². The molecule has 0 aliphatic rings. The normalized spacial score (nSPS) is 11.8. The molecule has 104 valence electrons. The maximum Gasteiger partial charge on any atom is 0.261 e. The first kappa shape index (κ1) is 15.7. The van der Waals surface area contributed by atoms with E-state index in [9.17, 15) is 4.79 Å². The van der Waals surface area contributed by atoms with E-state index in [-0.39, 0.29) is 18.6 Å². The lowest BCUT2D eigenvalue weighted by Crippen LogP contribution is -2.32. The van der Waals surface area contributed by atoms with Gasteiger partial charge in [-0.1, -0.05) is 25.7 Å². The van der Waals surface area contributed by atoms with Gasteiger partial charge in [-0.2, -0.15) is 0 Å². The highest BCUT2D eigenvalue weighted by atomic mass is 32.1. The van der Waals surface area contributed by atoms with Gasteiger partial charge in [0.2, 0.25) is 0 Å². The lowest BCUT2D eigenvalue weighted by atomic mass is 10.0. The Morgan fingerprint density at radius 3 is 2.74 bits per heavy atom. The number of hydrogen-bond acceptors (Lipinski definition) is 3. The van der Waals surface area contributed by atoms with E-state index in [0.29, 0.717) is 10.8 Å². The van der Waals surface area contributed by atoms with Gasteiger partial charge in [-0.25, -0.2) is 0 Å². The van der Waals surface area contributed by atoms with Gasteiger partial charge in [0.25, 0.3) is 5.91 Å². The van der Waals surface area contributed by atoms with Crippen LogP contribution in [-0.2, 0) is 0 Å². The highest BCUT2D eigenvalue weighted by molar-refractivity contribution is 7.14. The van der Waals surface area contributed by atoms with Gasteiger partial charge in [0.1, 0.15) is 6.61 Å². The Hall–Kier alpha value is -1.31. The Balaban J connectivity index is 2.51. The quantitative estimate of drug-likeness (QED) is 0.814. The molecule has 2 N–H and O–H groups in total. The Labute approximate surface area is 119 Å². The molecule has 0 saturated heterocycles. The van der Waals surface area contributed by atoms with Crippen molar-refractivity contribution in [2.75, 3.05) is 6.61 Å². The minimum absolute atomic E-state index is 0.0432. The third kappa shape index (κ3) is 5.91. The molecule has 1 aromatic rings. The summed E-state index contributed by atoms with van der Waals surface area (Å²) in [5.74, 6) is 5.99. The van der Waals surface area contributed by atoms with Crippen LogP contribution in [0.3, 0.4) is 0 Å². The smallest absolute Gasteiger partial charge is 0.261 e. The number of nitrogens with one attached hydrogen (secondary N) is 1. The molecule has 0 fully saturated rings. The van der Waals surface area contributed by atoms with Crippen molar-refractivity contribution < 1.29 is 9.90 Å². The van der Waals surface area contributed by atoms with Crippen molar-refractivity contribution in [1.82, 2.24) is 5.32 Å². The third-order valence-corrected chi connectivity index (χ3v) is 3.67. The monoisotopic (exact) mass is 279 g/mol. The highest BCUT2D eigenvalue weighted by Crippen LogP contribution is 2.16. The first-order chi connectivity index (χ1) is 9.02. The van der Waals surface area contributed by atoms with Crippen molar-refractivity contribution in [2.24, 2.45) is 5.92 Å². The van der Waals surface area contributed by atoms with E-state index in [1.165, 1.54) is 11.3 Å². The number of hydrogen-bond donors (Lipinski definition) is 2. The standard InChI is InChI=1S/C15H21NO2S/c1-11(2)6-7-12(3)16-15(18)14-9-8-13(19-14)5-4-10-17/h8-9,11-12,17H,6-7,10H2,1-3H3,(H,16,18). The van der Waals surface area contributed by atoms with Crippen LogP contribution < -0.4 is 5.32 Å². The molecule has 1 amide bonds. The number of rotatable bonds is 5. The number of amides is 1. The highest BCUT2D eigenvalue weighted by Gasteiger charge is 2.12. The van der Waals surface area contributed by atoms with Crippen molar-refractivity contribution in [3.8, 4) is 11.8 Å². The van der Waals surface area contributed by atoms with Crippen LogP contribution in [0, 0.1) is 17.8 Å². The Bertz CT molecular complexity index is 468. The van der Waals surface area contributed by atoms with E-state index >= 15 is 0 Å². The molecule has 1 atom stereocenters. The summed E-state index contributed by atoms with van der Waals surface area (Å²) in [6.07, 6.45) is 2.10. The number of aliphatic hydroxyl groups excluding tert-OH is 1. The van der Waals surface area contributed by atoms with E-state index in [1.54, 1.807) is 12.1 Å². The molecule has 0 aliphatic carbocycles. The number of aliphatic hydroxyl groups is 1. The molecule has 0 aromatic carbocycles. The molecule has 0 saturated carbocycles. The third-order valence-electron chi connectivity index (χ3n) is 2.67. The molecule has 19 heavy (non-hydrogen) atoms. The second-order valence-corrected chi connectivity index (χ2v) is 6.05. The minimum Gasteiger partial charge on any atom is -0.384 e. The van der Waals surface area contributed by atoms with E-state index < -0.39 is 0 Å².